The molecule has 1 aromatic heterocycles. The summed E-state index contributed by atoms with van der Waals surface area (Å²) in [5, 5.41) is 11.8. The van der Waals surface area contributed by atoms with E-state index >= 15 is 0 Å². The summed E-state index contributed by atoms with van der Waals surface area (Å²) >= 11 is 9.45. The number of fused-ring (bicyclic) bond motifs is 1. The summed E-state index contributed by atoms with van der Waals surface area (Å²) in [6.45, 7) is 0. The second kappa shape index (κ2) is 5.38. The first-order valence-electron chi connectivity index (χ1n) is 5.93. The van der Waals surface area contributed by atoms with Crippen molar-refractivity contribution in [2.24, 2.45) is 0 Å². The maximum absolute atomic E-state index is 10.7. The molecule has 0 aliphatic heterocycles. The molecule has 3 rings (SSSR count). The van der Waals surface area contributed by atoms with Gasteiger partial charge in [-0.2, -0.15) is 0 Å². The molecule has 0 atom stereocenters. The Hall–Kier alpha value is -2.05. The Bertz CT molecular complexity index is 847. The molecule has 0 radical (unpaired) electrons. The largest absolute Gasteiger partial charge is 0.456 e. The number of rotatable bonds is 3. The Balaban J connectivity index is 1.94. The van der Waals surface area contributed by atoms with Gasteiger partial charge in [-0.3, -0.25) is 10.1 Å². The van der Waals surface area contributed by atoms with Gasteiger partial charge in [-0.15, -0.1) is 0 Å². The molecule has 0 aliphatic rings. The van der Waals surface area contributed by atoms with Crippen LogP contribution in [0.1, 0.15) is 0 Å². The van der Waals surface area contributed by atoms with Gasteiger partial charge in [0.25, 0.3) is 5.69 Å². The van der Waals surface area contributed by atoms with E-state index in [9.17, 15) is 10.1 Å². The number of aromatic nitrogens is 1. The number of nitro groups is 1. The highest BCUT2D eigenvalue weighted by atomic mass is 79.9. The van der Waals surface area contributed by atoms with Gasteiger partial charge >= 0.3 is 0 Å². The minimum absolute atomic E-state index is 0.0730. The van der Waals surface area contributed by atoms with E-state index < -0.39 is 4.92 Å². The second-order valence-corrected chi connectivity index (χ2v) is 5.58. The molecule has 5 nitrogen and oxygen atoms in total. The van der Waals surface area contributed by atoms with Crippen molar-refractivity contribution in [3.05, 3.63) is 62.2 Å². The molecule has 21 heavy (non-hydrogen) atoms. The number of nitrogens with zero attached hydrogens (tertiary/aromatic N) is 1. The average molecular weight is 368 g/mol. The van der Waals surface area contributed by atoms with Crippen LogP contribution in [0.4, 0.5) is 5.69 Å². The highest BCUT2D eigenvalue weighted by Gasteiger charge is 2.11. The van der Waals surface area contributed by atoms with Crippen molar-refractivity contribution in [3.8, 4) is 11.5 Å². The Labute approximate surface area is 132 Å². The Kier molecular flexibility index (Phi) is 3.57. The predicted octanol–water partition coefficient (Wildman–Crippen LogP) is 5.28. The van der Waals surface area contributed by atoms with Crippen molar-refractivity contribution >= 4 is 44.1 Å². The van der Waals surface area contributed by atoms with Crippen molar-refractivity contribution in [3.63, 3.8) is 0 Å². The number of aromatic amines is 1. The zero-order valence-corrected chi connectivity index (χ0v) is 12.8. The molecule has 106 valence electrons. The van der Waals surface area contributed by atoms with E-state index in [0.717, 1.165) is 15.4 Å². The van der Waals surface area contributed by atoms with Crippen LogP contribution in [0.2, 0.25) is 5.02 Å². The molecule has 7 heteroatoms. The van der Waals surface area contributed by atoms with Crippen LogP contribution >= 0.6 is 27.5 Å². The van der Waals surface area contributed by atoms with Crippen LogP contribution < -0.4 is 4.74 Å². The van der Waals surface area contributed by atoms with E-state index in [0.29, 0.717) is 11.5 Å². The maximum atomic E-state index is 10.7. The average Bonchev–Trinajstić information content (AvgIpc) is 2.82. The summed E-state index contributed by atoms with van der Waals surface area (Å²) < 4.78 is 6.62. The van der Waals surface area contributed by atoms with Gasteiger partial charge in [0.05, 0.1) is 9.95 Å². The summed E-state index contributed by atoms with van der Waals surface area (Å²) in [6.07, 6.45) is 1.84. The zero-order chi connectivity index (χ0) is 15.0. The maximum Gasteiger partial charge on any atom is 0.271 e. The molecule has 0 saturated heterocycles. The lowest BCUT2D eigenvalue weighted by molar-refractivity contribution is -0.384. The van der Waals surface area contributed by atoms with Crippen LogP contribution in [-0.4, -0.2) is 9.91 Å². The third-order valence-electron chi connectivity index (χ3n) is 2.96. The lowest BCUT2D eigenvalue weighted by Gasteiger charge is -2.07. The highest BCUT2D eigenvalue weighted by molar-refractivity contribution is 9.10. The van der Waals surface area contributed by atoms with E-state index in [1.54, 1.807) is 6.07 Å². The molecule has 0 unspecified atom stereocenters. The normalized spacial score (nSPS) is 10.8. The van der Waals surface area contributed by atoms with Gasteiger partial charge < -0.3 is 9.72 Å². The SMILES string of the molecule is O=[N+]([O-])c1ccc(Oc2ccc3[nH]cc(Br)c3c2)c(Cl)c1. The quantitative estimate of drug-likeness (QED) is 0.505. The number of H-pyrrole nitrogens is 1. The van der Waals surface area contributed by atoms with Crippen molar-refractivity contribution < 1.29 is 9.66 Å². The molecule has 0 saturated carbocycles. The number of non-ortho nitro benzene ring substituents is 1. The third kappa shape index (κ3) is 2.72. The second-order valence-electron chi connectivity index (χ2n) is 4.32. The molecule has 3 aromatic rings. The zero-order valence-electron chi connectivity index (χ0n) is 10.5. The topological polar surface area (TPSA) is 68.2 Å². The lowest BCUT2D eigenvalue weighted by Crippen LogP contribution is -1.90. The van der Waals surface area contributed by atoms with Gasteiger partial charge in [0, 0.05) is 33.7 Å². The molecule has 0 aliphatic carbocycles. The van der Waals surface area contributed by atoms with Crippen LogP contribution in [-0.2, 0) is 0 Å². The van der Waals surface area contributed by atoms with Crippen molar-refractivity contribution in [1.82, 2.24) is 4.98 Å². The molecular weight excluding hydrogens is 360 g/mol. The molecule has 1 heterocycles. The first kappa shape index (κ1) is 13.9. The van der Waals surface area contributed by atoms with Gasteiger partial charge in [-0.1, -0.05) is 11.6 Å². The molecule has 2 aromatic carbocycles. The van der Waals surface area contributed by atoms with Gasteiger partial charge in [-0.25, -0.2) is 0 Å². The summed E-state index contributed by atoms with van der Waals surface area (Å²) in [6, 6.07) is 9.63. The number of nitro benzene ring substituents is 1. The smallest absolute Gasteiger partial charge is 0.271 e. The summed E-state index contributed by atoms with van der Waals surface area (Å²) in [7, 11) is 0. The molecule has 1 N–H and O–H groups in total. The Morgan fingerprint density at radius 1 is 1.24 bits per heavy atom. The fourth-order valence-corrected chi connectivity index (χ4v) is 2.60. The van der Waals surface area contributed by atoms with Crippen LogP contribution in [0.5, 0.6) is 11.5 Å². The van der Waals surface area contributed by atoms with Gasteiger partial charge in [0.1, 0.15) is 11.5 Å². The number of benzene rings is 2. The molecule has 0 bridgehead atoms. The summed E-state index contributed by atoms with van der Waals surface area (Å²) in [5.41, 5.74) is 0.903. The lowest BCUT2D eigenvalue weighted by atomic mass is 10.2. The fraction of sp³-hybridized carbons (Fsp3) is 0. The monoisotopic (exact) mass is 366 g/mol. The van der Waals surface area contributed by atoms with Crippen LogP contribution in [0.25, 0.3) is 10.9 Å². The minimum Gasteiger partial charge on any atom is -0.456 e. The minimum atomic E-state index is -0.501. The number of ether oxygens (including phenoxy) is 1. The van der Waals surface area contributed by atoms with Crippen LogP contribution in [0.15, 0.2) is 47.1 Å². The number of hydrogen-bond donors (Lipinski definition) is 1. The van der Waals surface area contributed by atoms with Crippen LogP contribution in [0.3, 0.4) is 0 Å². The molecule has 0 amide bonds. The van der Waals surface area contributed by atoms with Crippen molar-refractivity contribution in [2.45, 2.75) is 0 Å². The van der Waals surface area contributed by atoms with Crippen molar-refractivity contribution in [1.29, 1.82) is 0 Å². The van der Waals surface area contributed by atoms with Gasteiger partial charge in [0.2, 0.25) is 0 Å². The van der Waals surface area contributed by atoms with E-state index in [1.807, 2.05) is 18.3 Å². The van der Waals surface area contributed by atoms with Gasteiger partial charge in [-0.05, 0) is 40.2 Å². The number of nitrogens with one attached hydrogen (secondary N) is 1. The van der Waals surface area contributed by atoms with E-state index in [2.05, 4.69) is 20.9 Å². The fourth-order valence-electron chi connectivity index (χ4n) is 1.94. The summed E-state index contributed by atoms with van der Waals surface area (Å²) in [4.78, 5) is 13.3. The van der Waals surface area contributed by atoms with Crippen molar-refractivity contribution in [2.75, 3.05) is 0 Å². The van der Waals surface area contributed by atoms with Crippen LogP contribution in [0, 0.1) is 10.1 Å². The highest BCUT2D eigenvalue weighted by Crippen LogP contribution is 2.34. The van der Waals surface area contributed by atoms with Gasteiger partial charge in [0.15, 0.2) is 0 Å². The Morgan fingerprint density at radius 3 is 2.76 bits per heavy atom. The van der Waals surface area contributed by atoms with E-state index in [-0.39, 0.29) is 10.7 Å². The number of halogens is 2. The summed E-state index contributed by atoms with van der Waals surface area (Å²) in [5.74, 6) is 0.965. The molecular formula is C14H8BrClN2O3. The first-order valence-corrected chi connectivity index (χ1v) is 7.10. The van der Waals surface area contributed by atoms with E-state index in [1.165, 1.54) is 18.2 Å². The molecule has 0 spiro atoms. The predicted molar refractivity (Wildman–Crippen MR) is 84.2 cm³/mol. The molecule has 0 fully saturated rings. The Morgan fingerprint density at radius 2 is 2.05 bits per heavy atom. The number of hydrogen-bond acceptors (Lipinski definition) is 3. The third-order valence-corrected chi connectivity index (χ3v) is 3.91. The van der Waals surface area contributed by atoms with E-state index in [4.69, 9.17) is 16.3 Å². The standard InChI is InChI=1S/C14H8BrClN2O3/c15-11-7-17-13-3-2-9(6-10(11)13)21-14-4-1-8(18(19)20)5-12(14)16/h1-7,17H. The first-order chi connectivity index (χ1) is 10.0.